The van der Waals surface area contributed by atoms with Crippen molar-refractivity contribution in [1.29, 1.82) is 0 Å². The highest BCUT2D eigenvalue weighted by Gasteiger charge is 2.45. The molecule has 1 aliphatic heterocycles. The molecule has 1 aliphatic rings. The Kier molecular flexibility index (Phi) is 6.46. The smallest absolute Gasteiger partial charge is 0.374 e. The van der Waals surface area contributed by atoms with Crippen molar-refractivity contribution in [2.24, 2.45) is 4.99 Å². The van der Waals surface area contributed by atoms with Crippen LogP contribution in [0.3, 0.4) is 0 Å². The second-order valence-corrected chi connectivity index (χ2v) is 8.26. The van der Waals surface area contributed by atoms with Crippen molar-refractivity contribution in [2.45, 2.75) is 25.7 Å². The molecule has 0 aromatic heterocycles. The molecule has 2 aromatic carbocycles. The van der Waals surface area contributed by atoms with E-state index in [2.05, 4.69) is 15.8 Å². The van der Waals surface area contributed by atoms with Crippen LogP contribution in [-0.4, -0.2) is 37.9 Å². The minimum Gasteiger partial charge on any atom is -0.463 e. The predicted octanol–water partition coefficient (Wildman–Crippen LogP) is 3.15. The lowest BCUT2D eigenvalue weighted by atomic mass is 10.0. The highest BCUT2D eigenvalue weighted by atomic mass is 31.2. The third kappa shape index (κ3) is 4.10. The number of nitrogens with one attached hydrogen (secondary N) is 2. The van der Waals surface area contributed by atoms with Crippen LogP contribution < -0.4 is 10.9 Å². The number of ether oxygens (including phenoxy) is 1. The molecule has 9 heteroatoms. The lowest BCUT2D eigenvalue weighted by molar-refractivity contribution is -0.133. The maximum Gasteiger partial charge on any atom is 0.374 e. The van der Waals surface area contributed by atoms with Crippen molar-refractivity contribution in [2.75, 3.05) is 20.3 Å². The molecule has 0 spiro atoms. The van der Waals surface area contributed by atoms with Crippen molar-refractivity contribution in [3.63, 3.8) is 0 Å². The predicted molar refractivity (Wildman–Crippen MR) is 107 cm³/mol. The van der Waals surface area contributed by atoms with Crippen molar-refractivity contribution >= 4 is 30.2 Å². The average Bonchev–Trinajstić information content (AvgIpc) is 2.72. The molecule has 2 atom stereocenters. The molecule has 0 amide bonds. The van der Waals surface area contributed by atoms with Gasteiger partial charge >= 0.3 is 13.6 Å². The molecule has 150 valence electrons. The van der Waals surface area contributed by atoms with Crippen LogP contribution in [0, 0.1) is 0 Å². The van der Waals surface area contributed by atoms with E-state index >= 15 is 0 Å². The molecule has 0 saturated heterocycles. The van der Waals surface area contributed by atoms with Gasteiger partial charge in [-0.15, -0.1) is 0 Å². The van der Waals surface area contributed by atoms with E-state index in [1.807, 2.05) is 42.5 Å². The first-order valence-corrected chi connectivity index (χ1v) is 10.7. The molecule has 8 nitrogen and oxygen atoms in total. The highest BCUT2D eigenvalue weighted by Crippen LogP contribution is 2.56. The molecule has 0 radical (unpaired) electrons. The van der Waals surface area contributed by atoms with E-state index in [-0.39, 0.29) is 19.0 Å². The van der Waals surface area contributed by atoms with Gasteiger partial charge < -0.3 is 13.8 Å². The Labute approximate surface area is 163 Å². The van der Waals surface area contributed by atoms with Gasteiger partial charge in [0.25, 0.3) is 0 Å². The van der Waals surface area contributed by atoms with Gasteiger partial charge in [-0.1, -0.05) is 36.4 Å². The van der Waals surface area contributed by atoms with Gasteiger partial charge in [0.2, 0.25) is 5.84 Å². The van der Waals surface area contributed by atoms with Crippen LogP contribution in [0.15, 0.2) is 47.5 Å². The minimum absolute atomic E-state index is 0.00328. The standard InChI is InChI=1S/C19H24N3O5P/c1-4-26-28(24,27-5-2)18-16(20-17(21-22-18)19(23)25-3)15-11-10-13-8-6-7-9-14(13)12-15/h6-12,16,18,22H,4-5H2,1-3H3,(H,20,21)/t16-,18-/m0/s1. The third-order valence-corrected chi connectivity index (χ3v) is 6.69. The Morgan fingerprint density at radius 2 is 1.79 bits per heavy atom. The van der Waals surface area contributed by atoms with E-state index < -0.39 is 25.4 Å². The van der Waals surface area contributed by atoms with Gasteiger partial charge in [-0.3, -0.25) is 15.0 Å². The molecule has 3 rings (SSSR count). The lowest BCUT2D eigenvalue weighted by Gasteiger charge is -2.35. The topological polar surface area (TPSA) is 98.2 Å². The zero-order valence-electron chi connectivity index (χ0n) is 16.0. The number of benzene rings is 2. The van der Waals surface area contributed by atoms with Crippen LogP contribution >= 0.6 is 7.60 Å². The molecule has 0 bridgehead atoms. The molecule has 0 fully saturated rings. The summed E-state index contributed by atoms with van der Waals surface area (Å²) in [6, 6.07) is 13.0. The molecule has 1 heterocycles. The van der Waals surface area contributed by atoms with E-state index in [0.29, 0.717) is 0 Å². The Morgan fingerprint density at radius 1 is 1.11 bits per heavy atom. The number of rotatable bonds is 7. The average molecular weight is 405 g/mol. The van der Waals surface area contributed by atoms with Crippen molar-refractivity contribution in [3.05, 3.63) is 48.0 Å². The Bertz CT molecular complexity index is 923. The molecule has 0 unspecified atom stereocenters. The van der Waals surface area contributed by atoms with Gasteiger partial charge in [0.15, 0.2) is 5.78 Å². The Morgan fingerprint density at radius 3 is 2.43 bits per heavy atom. The second-order valence-electron chi connectivity index (χ2n) is 6.11. The summed E-state index contributed by atoms with van der Waals surface area (Å²) in [5.74, 6) is -1.45. The second kappa shape index (κ2) is 8.84. The number of fused-ring (bicyclic) bond motifs is 1. The van der Waals surface area contributed by atoms with Crippen LogP contribution in [0.25, 0.3) is 10.8 Å². The molecular weight excluding hydrogens is 381 g/mol. The fraction of sp³-hybridized carbons (Fsp3) is 0.368. The first-order valence-electron chi connectivity index (χ1n) is 9.07. The number of carbonyl (C=O) groups is 1. The lowest BCUT2D eigenvalue weighted by Crippen LogP contribution is -2.53. The van der Waals surface area contributed by atoms with Gasteiger partial charge in [0.1, 0.15) is 6.04 Å². The summed E-state index contributed by atoms with van der Waals surface area (Å²) < 4.78 is 29.2. The number of hydrazine groups is 1. The first-order chi connectivity index (χ1) is 13.5. The monoisotopic (exact) mass is 405 g/mol. The summed E-state index contributed by atoms with van der Waals surface area (Å²) in [7, 11) is -2.30. The van der Waals surface area contributed by atoms with E-state index in [4.69, 9.17) is 13.8 Å². The molecule has 0 aliphatic carbocycles. The largest absolute Gasteiger partial charge is 0.463 e. The summed E-state index contributed by atoms with van der Waals surface area (Å²) in [4.78, 5) is 16.5. The number of nitrogens with zero attached hydrogens (tertiary/aromatic N) is 1. The first kappa shape index (κ1) is 20.5. The van der Waals surface area contributed by atoms with Crippen molar-refractivity contribution in [1.82, 2.24) is 10.9 Å². The molecular formula is C19H24N3O5P. The minimum atomic E-state index is -3.57. The third-order valence-electron chi connectivity index (χ3n) is 4.36. The van der Waals surface area contributed by atoms with Crippen LogP contribution in [0.5, 0.6) is 0 Å². The SMILES string of the molecule is CCOP(=O)(OCC)[C@@H]1NNC(C(=O)OC)=N[C@H]1c1ccc2ccccc2c1. The number of hydrogen-bond acceptors (Lipinski definition) is 8. The van der Waals surface area contributed by atoms with E-state index in [9.17, 15) is 9.36 Å². The summed E-state index contributed by atoms with van der Waals surface area (Å²) in [6.07, 6.45) is 0. The van der Waals surface area contributed by atoms with Crippen LogP contribution in [-0.2, 0) is 23.1 Å². The van der Waals surface area contributed by atoms with Crippen LogP contribution in [0.4, 0.5) is 0 Å². The molecule has 2 N–H and O–H groups in total. The number of methoxy groups -OCH3 is 1. The number of esters is 1. The van der Waals surface area contributed by atoms with E-state index in [0.717, 1.165) is 16.3 Å². The number of hydrogen-bond donors (Lipinski definition) is 2. The summed E-state index contributed by atoms with van der Waals surface area (Å²) >= 11 is 0. The van der Waals surface area contributed by atoms with Gasteiger partial charge in [-0.05, 0) is 36.2 Å². The van der Waals surface area contributed by atoms with Crippen LogP contribution in [0.1, 0.15) is 25.5 Å². The van der Waals surface area contributed by atoms with Gasteiger partial charge in [-0.25, -0.2) is 10.2 Å². The normalized spacial score (nSPS) is 19.8. The molecule has 0 saturated carbocycles. The fourth-order valence-electron chi connectivity index (χ4n) is 3.12. The van der Waals surface area contributed by atoms with Crippen molar-refractivity contribution in [3.8, 4) is 0 Å². The van der Waals surface area contributed by atoms with Crippen LogP contribution in [0.2, 0.25) is 0 Å². The number of aliphatic imine (C=N–C) groups is 1. The number of carbonyl (C=O) groups excluding carboxylic acids is 1. The highest BCUT2D eigenvalue weighted by molar-refractivity contribution is 7.54. The fourth-order valence-corrected chi connectivity index (χ4v) is 5.04. The maximum atomic E-state index is 13.4. The summed E-state index contributed by atoms with van der Waals surface area (Å²) in [5.41, 5.74) is 6.35. The van der Waals surface area contributed by atoms with E-state index in [1.54, 1.807) is 13.8 Å². The van der Waals surface area contributed by atoms with Gasteiger partial charge in [0, 0.05) is 0 Å². The Balaban J connectivity index is 2.09. The van der Waals surface area contributed by atoms with Crippen molar-refractivity contribution < 1.29 is 23.1 Å². The quantitative estimate of drug-likeness (QED) is 0.539. The van der Waals surface area contributed by atoms with Gasteiger partial charge in [0.05, 0.1) is 20.3 Å². The Hall–Kier alpha value is -2.25. The zero-order chi connectivity index (χ0) is 20.1. The number of amidine groups is 1. The summed E-state index contributed by atoms with van der Waals surface area (Å²) in [5, 5.41) is 2.08. The summed E-state index contributed by atoms with van der Waals surface area (Å²) in [6.45, 7) is 3.92. The molecule has 2 aromatic rings. The van der Waals surface area contributed by atoms with Gasteiger partial charge in [-0.2, -0.15) is 0 Å². The molecule has 28 heavy (non-hydrogen) atoms. The maximum absolute atomic E-state index is 13.4. The zero-order valence-corrected chi connectivity index (χ0v) is 16.9. The van der Waals surface area contributed by atoms with E-state index in [1.165, 1.54) is 7.11 Å².